The third kappa shape index (κ3) is 5.79. The van der Waals surface area contributed by atoms with E-state index in [9.17, 15) is 18.0 Å². The maximum Gasteiger partial charge on any atom is 0.401 e. The van der Waals surface area contributed by atoms with E-state index in [1.165, 1.54) is 11.0 Å². The summed E-state index contributed by atoms with van der Waals surface area (Å²) in [4.78, 5) is 24.6. The fourth-order valence-corrected chi connectivity index (χ4v) is 3.32. The number of aromatic nitrogens is 3. The first-order valence-corrected chi connectivity index (χ1v) is 9.42. The molecule has 2 aromatic heterocycles. The first-order valence-electron chi connectivity index (χ1n) is 9.42. The largest absolute Gasteiger partial charge is 0.401 e. The molecule has 0 atom stereocenters. The quantitative estimate of drug-likeness (QED) is 0.786. The Bertz CT molecular complexity index is 827. The van der Waals surface area contributed by atoms with E-state index in [1.54, 1.807) is 6.20 Å². The molecule has 6 nitrogen and oxygen atoms in total. The molecule has 0 aliphatic carbocycles. The first-order chi connectivity index (χ1) is 13.3. The number of rotatable bonds is 6. The Labute approximate surface area is 161 Å². The van der Waals surface area contributed by atoms with E-state index in [0.717, 1.165) is 24.1 Å². The van der Waals surface area contributed by atoms with Crippen molar-refractivity contribution in [3.63, 3.8) is 0 Å². The lowest BCUT2D eigenvalue weighted by atomic mass is 9.97. The number of aryl methyl sites for hydroxylation is 1. The van der Waals surface area contributed by atoms with Gasteiger partial charge in [0, 0.05) is 30.1 Å². The lowest BCUT2D eigenvalue weighted by Gasteiger charge is -2.32. The third-order valence-electron chi connectivity index (χ3n) is 4.88. The lowest BCUT2D eigenvalue weighted by Crippen LogP contribution is -2.41. The Hall–Kier alpha value is -2.42. The van der Waals surface area contributed by atoms with Gasteiger partial charge in [-0.1, -0.05) is 6.92 Å². The average Bonchev–Trinajstić information content (AvgIpc) is 2.66. The van der Waals surface area contributed by atoms with E-state index in [4.69, 9.17) is 0 Å². The summed E-state index contributed by atoms with van der Waals surface area (Å²) < 4.78 is 37.3. The molecule has 1 aliphatic heterocycles. The van der Waals surface area contributed by atoms with Crippen molar-refractivity contribution in [3.8, 4) is 11.4 Å². The summed E-state index contributed by atoms with van der Waals surface area (Å²) in [6.07, 6.45) is -0.351. The molecule has 2 aromatic rings. The predicted octanol–water partition coefficient (Wildman–Crippen LogP) is 3.08. The Morgan fingerprint density at radius 3 is 2.64 bits per heavy atom. The molecule has 0 spiro atoms. The third-order valence-corrected chi connectivity index (χ3v) is 4.88. The van der Waals surface area contributed by atoms with Crippen LogP contribution in [0.3, 0.4) is 0 Å². The summed E-state index contributed by atoms with van der Waals surface area (Å²) in [5.74, 6) is 1.50. The summed E-state index contributed by atoms with van der Waals surface area (Å²) in [7, 11) is 0. The number of H-pyrrole nitrogens is 1. The summed E-state index contributed by atoms with van der Waals surface area (Å²) in [5.41, 5.74) is 1.25. The highest BCUT2D eigenvalue weighted by molar-refractivity contribution is 5.55. The van der Waals surface area contributed by atoms with Gasteiger partial charge in [-0.05, 0) is 50.4 Å². The van der Waals surface area contributed by atoms with Crippen molar-refractivity contribution >= 4 is 5.82 Å². The molecular formula is C19H24F3N5O. The van der Waals surface area contributed by atoms with Gasteiger partial charge in [-0.15, -0.1) is 0 Å². The molecule has 1 saturated heterocycles. The van der Waals surface area contributed by atoms with Crippen molar-refractivity contribution in [1.29, 1.82) is 0 Å². The number of hydrogen-bond donors (Lipinski definition) is 2. The fourth-order valence-electron chi connectivity index (χ4n) is 3.32. The molecule has 0 unspecified atom stereocenters. The van der Waals surface area contributed by atoms with Gasteiger partial charge in [0.15, 0.2) is 0 Å². The van der Waals surface area contributed by atoms with Crippen LogP contribution in [0.25, 0.3) is 11.4 Å². The van der Waals surface area contributed by atoms with Crippen LogP contribution in [0.5, 0.6) is 0 Å². The maximum absolute atomic E-state index is 12.4. The van der Waals surface area contributed by atoms with Gasteiger partial charge in [0.25, 0.3) is 5.56 Å². The van der Waals surface area contributed by atoms with E-state index >= 15 is 0 Å². The van der Waals surface area contributed by atoms with E-state index < -0.39 is 12.7 Å². The second-order valence-electron chi connectivity index (χ2n) is 7.09. The lowest BCUT2D eigenvalue weighted by molar-refractivity contribution is -0.148. The molecule has 3 heterocycles. The van der Waals surface area contributed by atoms with Crippen molar-refractivity contribution in [2.75, 3.05) is 31.5 Å². The molecule has 0 bridgehead atoms. The molecule has 1 aliphatic rings. The second kappa shape index (κ2) is 8.72. The van der Waals surface area contributed by atoms with Crippen LogP contribution < -0.4 is 10.9 Å². The van der Waals surface area contributed by atoms with Crippen molar-refractivity contribution in [3.05, 3.63) is 40.4 Å². The van der Waals surface area contributed by atoms with Gasteiger partial charge in [-0.2, -0.15) is 13.2 Å². The number of pyridine rings is 1. The zero-order valence-corrected chi connectivity index (χ0v) is 15.7. The zero-order chi connectivity index (χ0) is 20.1. The molecule has 9 heteroatoms. The standard InChI is InChI=1S/C19H24F3N5O/c1-2-15-9-17(28)26-18(25-15)14-3-4-16(24-11-14)23-10-13-5-7-27(8-6-13)12-19(20,21)22/h3-4,9,11,13H,2,5-8,10,12H2,1H3,(H,23,24)(H,25,26,28). The molecule has 3 rings (SSSR count). The van der Waals surface area contributed by atoms with Gasteiger partial charge in [-0.3, -0.25) is 9.69 Å². The van der Waals surface area contributed by atoms with Crippen molar-refractivity contribution in [1.82, 2.24) is 19.9 Å². The number of likely N-dealkylation sites (tertiary alicyclic amines) is 1. The molecule has 152 valence electrons. The molecule has 0 saturated carbocycles. The number of alkyl halides is 3. The van der Waals surface area contributed by atoms with Crippen LogP contribution in [-0.4, -0.2) is 52.2 Å². The molecule has 0 amide bonds. The second-order valence-corrected chi connectivity index (χ2v) is 7.09. The van der Waals surface area contributed by atoms with Crippen LogP contribution in [0.2, 0.25) is 0 Å². The van der Waals surface area contributed by atoms with E-state index in [2.05, 4.69) is 20.3 Å². The van der Waals surface area contributed by atoms with Crippen molar-refractivity contribution in [2.45, 2.75) is 32.4 Å². The SMILES string of the molecule is CCc1cc(=O)[nH]c(-c2ccc(NCC3CCN(CC(F)(F)F)CC3)nc2)n1. The van der Waals surface area contributed by atoms with Gasteiger partial charge in [0.05, 0.1) is 6.54 Å². The van der Waals surface area contributed by atoms with Gasteiger partial charge < -0.3 is 10.3 Å². The molecular weight excluding hydrogens is 371 g/mol. The minimum atomic E-state index is -4.13. The molecule has 0 aromatic carbocycles. The minimum absolute atomic E-state index is 0.194. The highest BCUT2D eigenvalue weighted by atomic mass is 19.4. The van der Waals surface area contributed by atoms with E-state index in [1.807, 2.05) is 19.1 Å². The number of nitrogens with zero attached hydrogens (tertiary/aromatic N) is 3. The van der Waals surface area contributed by atoms with Crippen LogP contribution in [0.4, 0.5) is 19.0 Å². The average molecular weight is 395 g/mol. The Morgan fingerprint density at radius 2 is 2.04 bits per heavy atom. The number of nitrogens with one attached hydrogen (secondary N) is 2. The normalized spacial score (nSPS) is 16.3. The predicted molar refractivity (Wildman–Crippen MR) is 101 cm³/mol. The maximum atomic E-state index is 12.4. The Morgan fingerprint density at radius 1 is 1.29 bits per heavy atom. The molecule has 0 radical (unpaired) electrons. The minimum Gasteiger partial charge on any atom is -0.370 e. The van der Waals surface area contributed by atoms with Crippen LogP contribution in [0, 0.1) is 5.92 Å². The van der Waals surface area contributed by atoms with Crippen LogP contribution in [0.1, 0.15) is 25.5 Å². The number of piperidine rings is 1. The van der Waals surface area contributed by atoms with Crippen molar-refractivity contribution < 1.29 is 13.2 Å². The first kappa shape index (κ1) is 20.3. The summed E-state index contributed by atoms with van der Waals surface area (Å²) >= 11 is 0. The Kier molecular flexibility index (Phi) is 6.33. The molecule has 2 N–H and O–H groups in total. The Balaban J connectivity index is 1.52. The number of hydrogen-bond acceptors (Lipinski definition) is 5. The topological polar surface area (TPSA) is 73.9 Å². The van der Waals surface area contributed by atoms with E-state index in [-0.39, 0.29) is 5.56 Å². The highest BCUT2D eigenvalue weighted by Gasteiger charge is 2.32. The number of aromatic amines is 1. The fraction of sp³-hybridized carbons (Fsp3) is 0.526. The number of anilines is 1. The van der Waals surface area contributed by atoms with Crippen molar-refractivity contribution in [2.24, 2.45) is 5.92 Å². The number of halogens is 3. The monoisotopic (exact) mass is 395 g/mol. The van der Waals surface area contributed by atoms with Gasteiger partial charge in [0.2, 0.25) is 0 Å². The summed E-state index contributed by atoms with van der Waals surface area (Å²) in [5, 5.41) is 3.25. The highest BCUT2D eigenvalue weighted by Crippen LogP contribution is 2.23. The van der Waals surface area contributed by atoms with Gasteiger partial charge in [-0.25, -0.2) is 9.97 Å². The molecule has 28 heavy (non-hydrogen) atoms. The van der Waals surface area contributed by atoms with Crippen LogP contribution >= 0.6 is 0 Å². The zero-order valence-electron chi connectivity index (χ0n) is 15.7. The smallest absolute Gasteiger partial charge is 0.370 e. The van der Waals surface area contributed by atoms with Crippen LogP contribution in [-0.2, 0) is 6.42 Å². The van der Waals surface area contributed by atoms with Gasteiger partial charge in [0.1, 0.15) is 11.6 Å². The van der Waals surface area contributed by atoms with Gasteiger partial charge >= 0.3 is 6.18 Å². The summed E-state index contributed by atoms with van der Waals surface area (Å²) in [6.45, 7) is 2.71. The van der Waals surface area contributed by atoms with E-state index in [0.29, 0.717) is 43.6 Å². The molecule has 1 fully saturated rings. The van der Waals surface area contributed by atoms with Crippen LogP contribution in [0.15, 0.2) is 29.2 Å². The summed E-state index contributed by atoms with van der Waals surface area (Å²) in [6, 6.07) is 5.12.